The van der Waals surface area contributed by atoms with Crippen LogP contribution < -0.4 is 16.0 Å². The molecule has 0 fully saturated rings. The Morgan fingerprint density at radius 2 is 1.28 bits per heavy atom. The molecule has 0 unspecified atom stereocenters. The zero-order chi connectivity index (χ0) is 17.6. The number of carbonyl (C=O) groups excluding carboxylic acids is 2. The van der Waals surface area contributed by atoms with Gasteiger partial charge in [0.1, 0.15) is 0 Å². The third kappa shape index (κ3) is 4.72. The van der Waals surface area contributed by atoms with Gasteiger partial charge in [-0.2, -0.15) is 0 Å². The highest BCUT2D eigenvalue weighted by Crippen LogP contribution is 2.16. The van der Waals surface area contributed by atoms with Crippen molar-refractivity contribution in [2.24, 2.45) is 0 Å². The molecule has 0 saturated carbocycles. The van der Waals surface area contributed by atoms with Crippen molar-refractivity contribution in [3.8, 4) is 0 Å². The van der Waals surface area contributed by atoms with Crippen LogP contribution >= 0.6 is 34.9 Å². The first kappa shape index (κ1) is 17.3. The molecule has 2 heterocycles. The highest BCUT2D eigenvalue weighted by Gasteiger charge is 2.09. The molecule has 3 aromatic rings. The molecule has 1 aromatic carbocycles. The summed E-state index contributed by atoms with van der Waals surface area (Å²) in [5.74, 6) is -0.387. The molecule has 5 nitrogen and oxygen atoms in total. The maximum absolute atomic E-state index is 12.0. The first-order valence-corrected chi connectivity index (χ1v) is 9.39. The van der Waals surface area contributed by atoms with Crippen molar-refractivity contribution < 1.29 is 9.59 Å². The van der Waals surface area contributed by atoms with Crippen LogP contribution in [0, 0.1) is 0 Å². The summed E-state index contributed by atoms with van der Waals surface area (Å²) in [5, 5.41) is 12.3. The Balaban J connectivity index is 1.54. The minimum Gasteiger partial charge on any atom is -0.332 e. The summed E-state index contributed by atoms with van der Waals surface area (Å²) in [6.07, 6.45) is 0. The number of amides is 2. The van der Waals surface area contributed by atoms with E-state index in [0.717, 1.165) is 0 Å². The lowest BCUT2D eigenvalue weighted by Crippen LogP contribution is -2.33. The molecule has 126 valence electrons. The number of rotatable bonds is 4. The number of anilines is 2. The molecule has 0 bridgehead atoms. The summed E-state index contributed by atoms with van der Waals surface area (Å²) in [6.45, 7) is 0. The van der Waals surface area contributed by atoms with Crippen LogP contribution in [-0.2, 0) is 0 Å². The lowest BCUT2D eigenvalue weighted by molar-refractivity contribution is 0.0980. The predicted octanol–water partition coefficient (Wildman–Crippen LogP) is 4.19. The highest BCUT2D eigenvalue weighted by atomic mass is 32.1. The quantitative estimate of drug-likeness (QED) is 0.587. The Morgan fingerprint density at radius 1 is 0.760 bits per heavy atom. The van der Waals surface area contributed by atoms with Crippen molar-refractivity contribution >= 4 is 63.2 Å². The molecule has 0 radical (unpaired) electrons. The standard InChI is InChI=1S/C17H13N3O2S3/c21-15(13-3-1-9-24-13)18-11-5-7-12(8-6-11)19-17(23)20-16(22)14-4-2-10-25-14/h1-10H,(H,18,21)(H2,19,20,22,23). The molecule has 0 aliphatic carbocycles. The van der Waals surface area contributed by atoms with Crippen LogP contribution in [0.15, 0.2) is 59.3 Å². The lowest BCUT2D eigenvalue weighted by Gasteiger charge is -2.10. The van der Waals surface area contributed by atoms with Crippen LogP contribution in [0.2, 0.25) is 0 Å². The second-order valence-electron chi connectivity index (χ2n) is 4.89. The second kappa shape index (κ2) is 8.02. The molecule has 0 aliphatic heterocycles. The molecule has 0 saturated heterocycles. The van der Waals surface area contributed by atoms with Crippen LogP contribution in [0.1, 0.15) is 19.3 Å². The maximum Gasteiger partial charge on any atom is 0.267 e. The molecule has 2 amide bonds. The van der Waals surface area contributed by atoms with Gasteiger partial charge >= 0.3 is 0 Å². The first-order valence-electron chi connectivity index (χ1n) is 7.22. The Hall–Kier alpha value is -2.55. The van der Waals surface area contributed by atoms with Crippen molar-refractivity contribution in [3.63, 3.8) is 0 Å². The van der Waals surface area contributed by atoms with E-state index in [1.807, 2.05) is 16.8 Å². The Morgan fingerprint density at radius 3 is 1.80 bits per heavy atom. The molecule has 3 N–H and O–H groups in total. The molecule has 8 heteroatoms. The van der Waals surface area contributed by atoms with E-state index in [-0.39, 0.29) is 16.9 Å². The molecular formula is C17H13N3O2S3. The van der Waals surface area contributed by atoms with E-state index in [9.17, 15) is 9.59 Å². The Bertz CT molecular complexity index is 873. The maximum atomic E-state index is 12.0. The Labute approximate surface area is 157 Å². The molecule has 0 spiro atoms. The van der Waals surface area contributed by atoms with Gasteiger partial charge in [-0.15, -0.1) is 22.7 Å². The fourth-order valence-corrected chi connectivity index (χ4v) is 3.42. The molecule has 0 atom stereocenters. The van der Waals surface area contributed by atoms with Crippen molar-refractivity contribution in [3.05, 3.63) is 69.0 Å². The number of hydrogen-bond donors (Lipinski definition) is 3. The van der Waals surface area contributed by atoms with E-state index in [1.54, 1.807) is 42.5 Å². The number of hydrogen-bond acceptors (Lipinski definition) is 5. The number of thiocarbonyl (C=S) groups is 1. The third-order valence-electron chi connectivity index (χ3n) is 3.12. The van der Waals surface area contributed by atoms with E-state index >= 15 is 0 Å². The highest BCUT2D eigenvalue weighted by molar-refractivity contribution is 7.80. The molecule has 2 aromatic heterocycles. The van der Waals surface area contributed by atoms with Gasteiger partial charge < -0.3 is 10.6 Å². The summed E-state index contributed by atoms with van der Waals surface area (Å²) in [4.78, 5) is 25.2. The summed E-state index contributed by atoms with van der Waals surface area (Å²) in [5.41, 5.74) is 1.39. The average Bonchev–Trinajstić information content (AvgIpc) is 3.30. The normalized spacial score (nSPS) is 10.1. The summed E-state index contributed by atoms with van der Waals surface area (Å²) >= 11 is 7.87. The molecule has 0 aliphatic rings. The van der Waals surface area contributed by atoms with Gasteiger partial charge in [0.05, 0.1) is 9.75 Å². The summed E-state index contributed by atoms with van der Waals surface area (Å²) in [6, 6.07) is 14.2. The fraction of sp³-hybridized carbons (Fsp3) is 0. The van der Waals surface area contributed by atoms with Crippen molar-refractivity contribution in [1.29, 1.82) is 0 Å². The smallest absolute Gasteiger partial charge is 0.267 e. The molecular weight excluding hydrogens is 374 g/mol. The first-order chi connectivity index (χ1) is 12.1. The van der Waals surface area contributed by atoms with Crippen LogP contribution in [0.4, 0.5) is 11.4 Å². The number of nitrogens with one attached hydrogen (secondary N) is 3. The average molecular weight is 388 g/mol. The number of thiophene rings is 2. The SMILES string of the molecule is O=C(NC(=S)Nc1ccc(NC(=O)c2cccs2)cc1)c1cccs1. The molecule has 25 heavy (non-hydrogen) atoms. The van der Waals surface area contributed by atoms with Gasteiger partial charge in [0.25, 0.3) is 11.8 Å². The van der Waals surface area contributed by atoms with E-state index in [4.69, 9.17) is 12.2 Å². The van der Waals surface area contributed by atoms with Gasteiger partial charge in [0.2, 0.25) is 0 Å². The number of carbonyl (C=O) groups is 2. The van der Waals surface area contributed by atoms with E-state index in [2.05, 4.69) is 16.0 Å². The largest absolute Gasteiger partial charge is 0.332 e. The minimum atomic E-state index is -0.243. The van der Waals surface area contributed by atoms with Crippen molar-refractivity contribution in [2.45, 2.75) is 0 Å². The molecule has 3 rings (SSSR count). The van der Waals surface area contributed by atoms with Gasteiger partial charge in [-0.25, -0.2) is 0 Å². The monoisotopic (exact) mass is 387 g/mol. The lowest BCUT2D eigenvalue weighted by atomic mass is 10.2. The van der Waals surface area contributed by atoms with Crippen LogP contribution in [0.3, 0.4) is 0 Å². The van der Waals surface area contributed by atoms with E-state index < -0.39 is 0 Å². The van der Waals surface area contributed by atoms with Crippen molar-refractivity contribution in [2.75, 3.05) is 10.6 Å². The minimum absolute atomic E-state index is 0.144. The topological polar surface area (TPSA) is 70.2 Å². The van der Waals surface area contributed by atoms with Gasteiger partial charge in [0.15, 0.2) is 5.11 Å². The number of benzene rings is 1. The zero-order valence-corrected chi connectivity index (χ0v) is 15.3. The van der Waals surface area contributed by atoms with Crippen LogP contribution in [-0.4, -0.2) is 16.9 Å². The second-order valence-corrected chi connectivity index (χ2v) is 7.20. The summed E-state index contributed by atoms with van der Waals surface area (Å²) in [7, 11) is 0. The Kier molecular flexibility index (Phi) is 5.54. The van der Waals surface area contributed by atoms with Crippen LogP contribution in [0.5, 0.6) is 0 Å². The fourth-order valence-electron chi connectivity index (χ4n) is 1.97. The van der Waals surface area contributed by atoms with Gasteiger partial charge in [-0.05, 0) is 59.4 Å². The third-order valence-corrected chi connectivity index (χ3v) is 5.06. The zero-order valence-electron chi connectivity index (χ0n) is 12.8. The van der Waals surface area contributed by atoms with Gasteiger partial charge in [0, 0.05) is 11.4 Å². The van der Waals surface area contributed by atoms with Crippen LogP contribution in [0.25, 0.3) is 0 Å². The van der Waals surface area contributed by atoms with Gasteiger partial charge in [-0.3, -0.25) is 14.9 Å². The van der Waals surface area contributed by atoms with Crippen molar-refractivity contribution in [1.82, 2.24) is 5.32 Å². The predicted molar refractivity (Wildman–Crippen MR) is 107 cm³/mol. The summed E-state index contributed by atoms with van der Waals surface area (Å²) < 4.78 is 0. The van der Waals surface area contributed by atoms with Gasteiger partial charge in [-0.1, -0.05) is 12.1 Å². The van der Waals surface area contributed by atoms with E-state index in [1.165, 1.54) is 22.7 Å². The van der Waals surface area contributed by atoms with E-state index in [0.29, 0.717) is 21.1 Å².